The zero-order valence-electron chi connectivity index (χ0n) is 10.9. The van der Waals surface area contributed by atoms with E-state index in [4.69, 9.17) is 27.0 Å². The van der Waals surface area contributed by atoms with Gasteiger partial charge in [-0.3, -0.25) is 0 Å². The minimum Gasteiger partial charge on any atom is -0.370 e. The van der Waals surface area contributed by atoms with E-state index in [-0.39, 0.29) is 17.9 Å². The number of nitriles is 1. The smallest absolute Gasteiger partial charge is 0.350 e. The third-order valence-corrected chi connectivity index (χ3v) is 2.97. The number of aromatic nitrogens is 2. The summed E-state index contributed by atoms with van der Waals surface area (Å²) >= 11 is 1.57. The highest BCUT2D eigenvalue weighted by Gasteiger charge is 2.06. The Bertz CT molecular complexity index is 528. The Morgan fingerprint density at radius 1 is 1.50 bits per heavy atom. The normalized spacial score (nSPS) is 10.9. The summed E-state index contributed by atoms with van der Waals surface area (Å²) in [6.45, 7) is 0.639. The monoisotopic (exact) mass is 297 g/mol. The molecule has 0 radical (unpaired) electrons. The molecule has 0 saturated carbocycles. The van der Waals surface area contributed by atoms with Crippen LogP contribution in [0.3, 0.4) is 0 Å². The van der Waals surface area contributed by atoms with Gasteiger partial charge < -0.3 is 26.6 Å². The summed E-state index contributed by atoms with van der Waals surface area (Å²) in [4.78, 5) is 12.7. The Balaban J connectivity index is 2.31. The lowest BCUT2D eigenvalue weighted by Gasteiger charge is -2.15. The molecule has 10 nitrogen and oxygen atoms in total. The molecule has 11 heteroatoms. The molecule has 0 aliphatic rings. The lowest BCUT2D eigenvalue weighted by Crippen LogP contribution is -2.35. The Kier molecular flexibility index (Phi) is 6.11. The second-order valence-corrected chi connectivity index (χ2v) is 4.68. The van der Waals surface area contributed by atoms with Crippen LogP contribution in [-0.2, 0) is 5.75 Å². The van der Waals surface area contributed by atoms with Crippen molar-refractivity contribution in [2.45, 2.75) is 5.75 Å². The Hall–Kier alpha value is -2.48. The lowest BCUT2D eigenvalue weighted by molar-refractivity contribution is 0.423. The molecular formula is C9H15N9OS. The Morgan fingerprint density at radius 2 is 2.25 bits per heavy atom. The predicted octanol–water partition coefficient (Wildman–Crippen LogP) is -1.06. The number of rotatable bonds is 6. The van der Waals surface area contributed by atoms with Crippen LogP contribution in [0, 0.1) is 11.5 Å². The van der Waals surface area contributed by atoms with E-state index in [1.54, 1.807) is 29.9 Å². The van der Waals surface area contributed by atoms with Crippen LogP contribution in [-0.4, -0.2) is 46.3 Å². The van der Waals surface area contributed by atoms with Crippen molar-refractivity contribution in [1.29, 1.82) is 5.26 Å². The molecule has 0 aliphatic heterocycles. The summed E-state index contributed by atoms with van der Waals surface area (Å²) in [6, 6.07) is 0.0307. The van der Waals surface area contributed by atoms with Crippen molar-refractivity contribution >= 4 is 29.7 Å². The maximum Gasteiger partial charge on any atom is 0.350 e. The van der Waals surface area contributed by atoms with Crippen molar-refractivity contribution in [1.82, 2.24) is 15.0 Å². The molecule has 6 N–H and O–H groups in total. The summed E-state index contributed by atoms with van der Waals surface area (Å²) in [6.07, 6.45) is 1.63. The van der Waals surface area contributed by atoms with Crippen LogP contribution in [0.4, 0.5) is 6.01 Å². The Morgan fingerprint density at radius 3 is 2.90 bits per heavy atom. The topological polar surface area (TPSA) is 169 Å². The van der Waals surface area contributed by atoms with E-state index in [9.17, 15) is 0 Å². The quantitative estimate of drug-likeness (QED) is 0.256. The van der Waals surface area contributed by atoms with Crippen molar-refractivity contribution in [2.75, 3.05) is 19.3 Å². The molecule has 20 heavy (non-hydrogen) atoms. The highest BCUT2D eigenvalue weighted by molar-refractivity contribution is 7.98. The molecule has 1 heterocycles. The van der Waals surface area contributed by atoms with Gasteiger partial charge in [0.25, 0.3) is 0 Å². The zero-order valence-corrected chi connectivity index (χ0v) is 11.7. The number of guanidine groups is 2. The van der Waals surface area contributed by atoms with Gasteiger partial charge in [-0.05, 0) is 0 Å². The molecule has 108 valence electrons. The first kappa shape index (κ1) is 15.6. The maximum atomic E-state index is 8.37. The number of thioether (sulfide) groups is 1. The van der Waals surface area contributed by atoms with Gasteiger partial charge in [0.1, 0.15) is 0 Å². The van der Waals surface area contributed by atoms with Gasteiger partial charge in [0.2, 0.25) is 12.2 Å². The van der Waals surface area contributed by atoms with Crippen molar-refractivity contribution in [3.05, 3.63) is 5.82 Å². The van der Waals surface area contributed by atoms with Crippen LogP contribution >= 0.6 is 11.8 Å². The van der Waals surface area contributed by atoms with Gasteiger partial charge in [-0.1, -0.05) is 5.16 Å². The number of hydrogen-bond donors (Lipinski definition) is 3. The maximum absolute atomic E-state index is 8.37. The largest absolute Gasteiger partial charge is 0.370 e. The molecule has 0 bridgehead atoms. The molecule has 0 unspecified atom stereocenters. The van der Waals surface area contributed by atoms with E-state index in [1.165, 1.54) is 0 Å². The van der Waals surface area contributed by atoms with E-state index in [1.807, 2.05) is 0 Å². The van der Waals surface area contributed by atoms with E-state index in [0.29, 0.717) is 18.1 Å². The number of nitrogens with two attached hydrogens (primary N) is 3. The molecule has 1 aromatic heterocycles. The molecule has 0 atom stereocenters. The van der Waals surface area contributed by atoms with Crippen LogP contribution in [0.25, 0.3) is 0 Å². The van der Waals surface area contributed by atoms with Crippen LogP contribution in [0.1, 0.15) is 5.82 Å². The van der Waals surface area contributed by atoms with Crippen molar-refractivity contribution in [3.8, 4) is 6.19 Å². The molecule has 0 aliphatic carbocycles. The van der Waals surface area contributed by atoms with Crippen LogP contribution < -0.4 is 17.2 Å². The number of nitrogens with zero attached hydrogens (tertiary/aromatic N) is 6. The van der Waals surface area contributed by atoms with Crippen LogP contribution in [0.2, 0.25) is 0 Å². The summed E-state index contributed by atoms with van der Waals surface area (Å²) in [5.41, 5.74) is 15.9. The zero-order chi connectivity index (χ0) is 15.0. The first-order chi connectivity index (χ1) is 9.52. The minimum atomic E-state index is -0.137. The number of aliphatic imine (C=N–C) groups is 2. The van der Waals surface area contributed by atoms with E-state index in [0.717, 1.165) is 5.75 Å². The molecule has 0 spiro atoms. The number of hydrogen-bond acceptors (Lipinski definition) is 7. The van der Waals surface area contributed by atoms with Gasteiger partial charge in [0.15, 0.2) is 11.8 Å². The first-order valence-corrected chi connectivity index (χ1v) is 6.61. The third-order valence-electron chi connectivity index (χ3n) is 2.04. The van der Waals surface area contributed by atoms with Crippen LogP contribution in [0.5, 0.6) is 0 Å². The Labute approximate surface area is 119 Å². The second kappa shape index (κ2) is 7.85. The average molecular weight is 297 g/mol. The molecule has 0 aromatic carbocycles. The van der Waals surface area contributed by atoms with Gasteiger partial charge in [-0.15, -0.1) is 4.99 Å². The predicted molar refractivity (Wildman–Crippen MR) is 75.8 cm³/mol. The fraction of sp³-hybridized carbons (Fsp3) is 0.444. The average Bonchev–Trinajstić information content (AvgIpc) is 2.81. The highest BCUT2D eigenvalue weighted by Crippen LogP contribution is 2.13. The molecule has 1 aromatic rings. The van der Waals surface area contributed by atoms with Gasteiger partial charge in [-0.25, -0.2) is 0 Å². The fourth-order valence-electron chi connectivity index (χ4n) is 1.08. The van der Waals surface area contributed by atoms with Crippen LogP contribution in [0.15, 0.2) is 14.5 Å². The molecular weight excluding hydrogens is 282 g/mol. The third kappa shape index (κ3) is 5.44. The summed E-state index contributed by atoms with van der Waals surface area (Å²) in [5.74, 6) is 1.84. The summed E-state index contributed by atoms with van der Waals surface area (Å²) in [7, 11) is 1.75. The fourth-order valence-corrected chi connectivity index (χ4v) is 1.92. The first-order valence-electron chi connectivity index (χ1n) is 5.46. The molecule has 0 amide bonds. The SMILES string of the molecule is CN(CCSCc1noc(N=C(N)N)n1)C(N)=NC#N. The summed E-state index contributed by atoms with van der Waals surface area (Å²) in [5, 5.41) is 12.1. The van der Waals surface area contributed by atoms with Gasteiger partial charge in [0, 0.05) is 19.3 Å². The molecule has 1 rings (SSSR count). The van der Waals surface area contributed by atoms with Gasteiger partial charge >= 0.3 is 6.01 Å². The van der Waals surface area contributed by atoms with Crippen molar-refractivity contribution < 1.29 is 4.52 Å². The lowest BCUT2D eigenvalue weighted by atomic mass is 10.6. The molecule has 0 saturated heterocycles. The second-order valence-electron chi connectivity index (χ2n) is 3.57. The van der Waals surface area contributed by atoms with Crippen molar-refractivity contribution in [2.24, 2.45) is 27.2 Å². The van der Waals surface area contributed by atoms with Crippen molar-refractivity contribution in [3.63, 3.8) is 0 Å². The summed E-state index contributed by atoms with van der Waals surface area (Å²) < 4.78 is 4.82. The van der Waals surface area contributed by atoms with Gasteiger partial charge in [0.05, 0.1) is 5.75 Å². The highest BCUT2D eigenvalue weighted by atomic mass is 32.2. The van der Waals surface area contributed by atoms with E-state index >= 15 is 0 Å². The van der Waals surface area contributed by atoms with E-state index < -0.39 is 0 Å². The van der Waals surface area contributed by atoms with E-state index in [2.05, 4.69) is 20.1 Å². The van der Waals surface area contributed by atoms with Gasteiger partial charge in [-0.2, -0.15) is 27.0 Å². The standard InChI is InChI=1S/C9H15N9OS/c1-18(8(13)14-5-10)2-3-20-4-6-15-9(19-17-6)16-7(11)12/h2-4H2,1H3,(H2,13,14)(H4,11,12,15,16,17). The molecule has 0 fully saturated rings. The minimum absolute atomic E-state index is 0.0307.